The highest BCUT2D eigenvalue weighted by molar-refractivity contribution is 7.80. The zero-order valence-corrected chi connectivity index (χ0v) is 20.7. The predicted molar refractivity (Wildman–Crippen MR) is 129 cm³/mol. The molecule has 6 nitrogen and oxygen atoms in total. The summed E-state index contributed by atoms with van der Waals surface area (Å²) in [5, 5.41) is 1.39. The molecule has 3 rings (SSSR count). The van der Waals surface area contributed by atoms with Gasteiger partial charge < -0.3 is 9.47 Å². The van der Waals surface area contributed by atoms with Crippen LogP contribution in [0.1, 0.15) is 65.1 Å². The van der Waals surface area contributed by atoms with Gasteiger partial charge in [-0.15, -0.1) is 0 Å². The molecular formula is C25H32N2O4S. The zero-order valence-electron chi connectivity index (χ0n) is 19.8. The highest BCUT2D eigenvalue weighted by Crippen LogP contribution is 2.38. The normalized spacial score (nSPS) is 17.6. The maximum Gasteiger partial charge on any atom is 0.272 e. The second-order valence-electron chi connectivity index (χ2n) is 9.36. The van der Waals surface area contributed by atoms with Crippen molar-refractivity contribution in [3.8, 4) is 11.5 Å². The molecule has 2 atom stereocenters. The molecule has 2 aromatic carbocycles. The minimum absolute atomic E-state index is 0.156. The van der Waals surface area contributed by atoms with E-state index in [1.165, 1.54) is 5.01 Å². The van der Waals surface area contributed by atoms with Gasteiger partial charge in [-0.3, -0.25) is 15.0 Å². The Morgan fingerprint density at radius 1 is 1.06 bits per heavy atom. The van der Waals surface area contributed by atoms with E-state index in [4.69, 9.17) is 9.47 Å². The lowest BCUT2D eigenvalue weighted by atomic mass is 10.0. The van der Waals surface area contributed by atoms with Crippen LogP contribution in [0.5, 0.6) is 11.5 Å². The molecule has 0 aromatic heterocycles. The van der Waals surface area contributed by atoms with Crippen LogP contribution in [0.4, 0.5) is 0 Å². The van der Waals surface area contributed by atoms with Crippen molar-refractivity contribution >= 4 is 24.4 Å². The molecule has 7 heteroatoms. The van der Waals surface area contributed by atoms with Crippen LogP contribution >= 0.6 is 12.6 Å². The summed E-state index contributed by atoms with van der Waals surface area (Å²) < 4.78 is 12.0. The van der Waals surface area contributed by atoms with E-state index in [9.17, 15) is 9.59 Å². The molecule has 0 radical (unpaired) electrons. The molecule has 2 aromatic rings. The third kappa shape index (κ3) is 4.88. The topological polar surface area (TPSA) is 67.9 Å². The fraction of sp³-hybridized carbons (Fsp3) is 0.440. The monoisotopic (exact) mass is 456 g/mol. The highest BCUT2D eigenvalue weighted by Gasteiger charge is 2.33. The van der Waals surface area contributed by atoms with E-state index in [-0.39, 0.29) is 24.0 Å². The quantitative estimate of drug-likeness (QED) is 0.521. The predicted octanol–water partition coefficient (Wildman–Crippen LogP) is 4.66. The van der Waals surface area contributed by atoms with E-state index in [2.05, 4.69) is 18.1 Å². The zero-order chi connectivity index (χ0) is 23.8. The first-order chi connectivity index (χ1) is 14.9. The highest BCUT2D eigenvalue weighted by atomic mass is 32.1. The number of rotatable bonds is 3. The van der Waals surface area contributed by atoms with Gasteiger partial charge >= 0.3 is 0 Å². The largest absolute Gasteiger partial charge is 0.483 e. The summed E-state index contributed by atoms with van der Waals surface area (Å²) in [5.74, 6) is 1.02. The average Bonchev–Trinajstić information content (AvgIpc) is 2.70. The summed E-state index contributed by atoms with van der Waals surface area (Å²) in [6.07, 6.45) is -0.342. The number of ether oxygens (including phenoxy) is 2. The Balaban J connectivity index is 1.91. The Hall–Kier alpha value is -2.67. The van der Waals surface area contributed by atoms with E-state index < -0.39 is 5.54 Å². The molecule has 172 valence electrons. The number of hydrogen-bond donors (Lipinski definition) is 2. The molecule has 2 amide bonds. The minimum atomic E-state index is -0.638. The van der Waals surface area contributed by atoms with Crippen molar-refractivity contribution in [1.29, 1.82) is 0 Å². The van der Waals surface area contributed by atoms with Crippen LogP contribution in [-0.2, 0) is 0 Å². The van der Waals surface area contributed by atoms with Gasteiger partial charge in [0.05, 0.1) is 5.54 Å². The van der Waals surface area contributed by atoms with Crippen molar-refractivity contribution in [2.24, 2.45) is 0 Å². The van der Waals surface area contributed by atoms with Crippen molar-refractivity contribution in [3.63, 3.8) is 0 Å². The lowest BCUT2D eigenvalue weighted by Crippen LogP contribution is -2.56. The van der Waals surface area contributed by atoms with Crippen molar-refractivity contribution in [3.05, 3.63) is 58.1 Å². The van der Waals surface area contributed by atoms with Gasteiger partial charge in [0, 0.05) is 22.4 Å². The van der Waals surface area contributed by atoms with Crippen molar-refractivity contribution in [1.82, 2.24) is 10.4 Å². The molecule has 1 N–H and O–H groups in total. The number of aryl methyl sites for hydroxylation is 2. The Morgan fingerprint density at radius 2 is 1.69 bits per heavy atom. The molecule has 0 saturated carbocycles. The molecule has 32 heavy (non-hydrogen) atoms. The number of fused-ring (bicyclic) bond motifs is 1. The molecule has 0 aliphatic carbocycles. The fourth-order valence-electron chi connectivity index (χ4n) is 3.77. The third-order valence-corrected chi connectivity index (χ3v) is 5.82. The van der Waals surface area contributed by atoms with Crippen LogP contribution < -0.4 is 14.9 Å². The molecule has 1 heterocycles. The number of carbonyl (C=O) groups is 2. The molecule has 1 aliphatic heterocycles. The fourth-order valence-corrected chi connectivity index (χ4v) is 4.14. The number of thiol groups is 1. The van der Waals surface area contributed by atoms with Gasteiger partial charge in [-0.25, -0.2) is 5.01 Å². The lowest BCUT2D eigenvalue weighted by molar-refractivity contribution is 0.0354. The number of benzene rings is 2. The van der Waals surface area contributed by atoms with Gasteiger partial charge in [0.1, 0.15) is 12.2 Å². The van der Waals surface area contributed by atoms with Gasteiger partial charge in [-0.05, 0) is 72.7 Å². The summed E-state index contributed by atoms with van der Waals surface area (Å²) in [5.41, 5.74) is 5.79. The van der Waals surface area contributed by atoms with Crippen LogP contribution in [0.15, 0.2) is 30.3 Å². The number of carbonyl (C=O) groups excluding carboxylic acids is 2. The molecule has 0 fully saturated rings. The third-order valence-electron chi connectivity index (χ3n) is 5.46. The van der Waals surface area contributed by atoms with Crippen molar-refractivity contribution in [2.45, 2.75) is 66.2 Å². The first-order valence-corrected chi connectivity index (χ1v) is 11.4. The van der Waals surface area contributed by atoms with Crippen molar-refractivity contribution < 1.29 is 19.1 Å². The van der Waals surface area contributed by atoms with E-state index in [0.717, 1.165) is 11.1 Å². The molecule has 2 unspecified atom stereocenters. The average molecular weight is 457 g/mol. The summed E-state index contributed by atoms with van der Waals surface area (Å²) >= 11 is 4.31. The first kappa shape index (κ1) is 24.0. The SMILES string of the molecule is Cc1cc(C)cc(C(=O)N(NC(=O)c2ccc3c(c2C)OC(C)C(CS)O3)C(C)(C)C)c1. The van der Waals surface area contributed by atoms with Gasteiger partial charge in [0.25, 0.3) is 11.8 Å². The maximum atomic E-state index is 13.4. The Labute approximate surface area is 195 Å². The Kier molecular flexibility index (Phi) is 6.79. The number of amides is 2. The number of nitrogens with zero attached hydrogens (tertiary/aromatic N) is 1. The van der Waals surface area contributed by atoms with Crippen LogP contribution in [0.3, 0.4) is 0 Å². The van der Waals surface area contributed by atoms with E-state index >= 15 is 0 Å². The molecule has 0 bridgehead atoms. The standard InChI is InChI=1S/C25H32N2O4S/c1-14-10-15(2)12-18(11-14)24(29)27(25(5,6)7)26-23(28)19-8-9-20-22(16(19)3)30-17(4)21(13-32)31-20/h8-12,17,21,32H,13H2,1-7H3,(H,26,28). The number of hydrogen-bond acceptors (Lipinski definition) is 5. The summed E-state index contributed by atoms with van der Waals surface area (Å²) in [7, 11) is 0. The summed E-state index contributed by atoms with van der Waals surface area (Å²) in [6, 6.07) is 9.09. The smallest absolute Gasteiger partial charge is 0.272 e. The first-order valence-electron chi connectivity index (χ1n) is 10.7. The van der Waals surface area contributed by atoms with Crippen molar-refractivity contribution in [2.75, 3.05) is 5.75 Å². The van der Waals surface area contributed by atoms with E-state index in [1.54, 1.807) is 12.1 Å². The van der Waals surface area contributed by atoms with Gasteiger partial charge in [-0.2, -0.15) is 12.6 Å². The molecular weight excluding hydrogens is 424 g/mol. The van der Waals surface area contributed by atoms with Crippen LogP contribution in [0, 0.1) is 20.8 Å². The minimum Gasteiger partial charge on any atom is -0.483 e. The summed E-state index contributed by atoms with van der Waals surface area (Å²) in [6.45, 7) is 13.3. The van der Waals surface area contributed by atoms with E-state index in [0.29, 0.717) is 33.9 Å². The van der Waals surface area contributed by atoms with Gasteiger partial charge in [-0.1, -0.05) is 17.2 Å². The second kappa shape index (κ2) is 9.06. The maximum absolute atomic E-state index is 13.4. The molecule has 1 aliphatic rings. The molecule has 0 spiro atoms. The summed E-state index contributed by atoms with van der Waals surface area (Å²) in [4.78, 5) is 26.6. The molecule has 0 saturated heterocycles. The van der Waals surface area contributed by atoms with Crippen LogP contribution in [0.25, 0.3) is 0 Å². The number of nitrogens with one attached hydrogen (secondary N) is 1. The Bertz CT molecular complexity index is 1020. The van der Waals surface area contributed by atoms with Crippen LogP contribution in [-0.4, -0.2) is 40.3 Å². The van der Waals surface area contributed by atoms with E-state index in [1.807, 2.05) is 66.7 Å². The van der Waals surface area contributed by atoms with Gasteiger partial charge in [0.2, 0.25) is 0 Å². The van der Waals surface area contributed by atoms with Crippen LogP contribution in [0.2, 0.25) is 0 Å². The Morgan fingerprint density at radius 3 is 2.25 bits per heavy atom. The second-order valence-corrected chi connectivity index (χ2v) is 9.72. The number of hydrazine groups is 1. The van der Waals surface area contributed by atoms with Gasteiger partial charge in [0.15, 0.2) is 11.5 Å². The lowest BCUT2D eigenvalue weighted by Gasteiger charge is -2.36.